The van der Waals surface area contributed by atoms with Gasteiger partial charge in [0, 0.05) is 19.4 Å². The van der Waals surface area contributed by atoms with Gasteiger partial charge in [-0.05, 0) is 31.3 Å². The van der Waals surface area contributed by atoms with E-state index in [1.807, 2.05) is 6.92 Å². The zero-order valence-electron chi connectivity index (χ0n) is 15.1. The van der Waals surface area contributed by atoms with E-state index in [9.17, 15) is 14.4 Å². The van der Waals surface area contributed by atoms with E-state index in [-0.39, 0.29) is 6.61 Å². The molecule has 0 radical (unpaired) electrons. The van der Waals surface area contributed by atoms with E-state index in [4.69, 9.17) is 4.89 Å². The highest BCUT2D eigenvalue weighted by atomic mass is 17.2. The normalized spacial score (nSPS) is 12.0. The molecule has 0 aromatic heterocycles. The van der Waals surface area contributed by atoms with Gasteiger partial charge in [0.15, 0.2) is 0 Å². The molecule has 0 aliphatic rings. The molecule has 0 aliphatic carbocycles. The highest BCUT2D eigenvalue weighted by Gasteiger charge is 2.12. The monoisotopic (exact) mass is 340 g/mol. The Kier molecular flexibility index (Phi) is 12.4. The molecule has 0 aromatic rings. The van der Waals surface area contributed by atoms with Gasteiger partial charge in [-0.2, -0.15) is 4.89 Å². The fourth-order valence-electron chi connectivity index (χ4n) is 1.83. The minimum absolute atomic E-state index is 0.138. The van der Waals surface area contributed by atoms with Gasteiger partial charge in [-0.25, -0.2) is 9.59 Å². The Bertz CT molecular complexity index is 476. The van der Waals surface area contributed by atoms with Crippen molar-refractivity contribution in [1.29, 1.82) is 0 Å². The van der Waals surface area contributed by atoms with E-state index >= 15 is 0 Å². The molecule has 0 spiro atoms. The molecule has 136 valence electrons. The van der Waals surface area contributed by atoms with Crippen LogP contribution in [0.4, 0.5) is 0 Å². The van der Waals surface area contributed by atoms with Gasteiger partial charge in [-0.1, -0.05) is 38.8 Å². The number of allylic oxidation sites excluding steroid dienone is 2. The molecule has 6 heteroatoms. The quantitative estimate of drug-likeness (QED) is 0.142. The fourth-order valence-corrected chi connectivity index (χ4v) is 1.83. The SMILES string of the molecule is CCCCC(=CC=C(CCCC)C(=O)OC(C)=O)COOC(C)=O. The van der Waals surface area contributed by atoms with Crippen LogP contribution in [0.3, 0.4) is 0 Å². The second-order valence-corrected chi connectivity index (χ2v) is 5.44. The lowest BCUT2D eigenvalue weighted by Crippen LogP contribution is -2.12. The Morgan fingerprint density at radius 3 is 2.04 bits per heavy atom. The third-order valence-corrected chi connectivity index (χ3v) is 3.09. The summed E-state index contributed by atoms with van der Waals surface area (Å²) in [6.45, 7) is 6.68. The van der Waals surface area contributed by atoms with Crippen LogP contribution in [-0.4, -0.2) is 24.5 Å². The molecule has 0 unspecified atom stereocenters. The third kappa shape index (κ3) is 11.6. The number of carbonyl (C=O) groups excluding carboxylic acids is 3. The van der Waals surface area contributed by atoms with Crippen molar-refractivity contribution < 1.29 is 28.9 Å². The lowest BCUT2D eigenvalue weighted by molar-refractivity contribution is -0.265. The van der Waals surface area contributed by atoms with Crippen molar-refractivity contribution in [3.05, 3.63) is 23.3 Å². The Balaban J connectivity index is 5.07. The average molecular weight is 340 g/mol. The second-order valence-electron chi connectivity index (χ2n) is 5.44. The molecule has 0 N–H and O–H groups in total. The summed E-state index contributed by atoms with van der Waals surface area (Å²) < 4.78 is 4.66. The maximum atomic E-state index is 11.9. The first-order chi connectivity index (χ1) is 11.4. The van der Waals surface area contributed by atoms with Gasteiger partial charge in [0.05, 0.1) is 0 Å². The fraction of sp³-hybridized carbons (Fsp3) is 0.611. The summed E-state index contributed by atoms with van der Waals surface area (Å²) >= 11 is 0. The van der Waals surface area contributed by atoms with E-state index in [2.05, 4.69) is 16.5 Å². The molecule has 0 saturated heterocycles. The molecule has 0 saturated carbocycles. The van der Waals surface area contributed by atoms with Crippen LogP contribution in [0.2, 0.25) is 0 Å². The molecule has 6 nitrogen and oxygen atoms in total. The number of hydrogen-bond donors (Lipinski definition) is 0. The molecule has 0 heterocycles. The first-order valence-corrected chi connectivity index (χ1v) is 8.32. The highest BCUT2D eigenvalue weighted by Crippen LogP contribution is 2.14. The van der Waals surface area contributed by atoms with Gasteiger partial charge >= 0.3 is 17.9 Å². The average Bonchev–Trinajstić information content (AvgIpc) is 2.50. The smallest absolute Gasteiger partial charge is 0.341 e. The zero-order valence-corrected chi connectivity index (χ0v) is 15.1. The molecule has 0 amide bonds. The van der Waals surface area contributed by atoms with Crippen molar-refractivity contribution in [3.63, 3.8) is 0 Å². The van der Waals surface area contributed by atoms with Crippen LogP contribution in [-0.2, 0) is 28.9 Å². The van der Waals surface area contributed by atoms with Gasteiger partial charge in [-0.3, -0.25) is 9.68 Å². The zero-order chi connectivity index (χ0) is 18.4. The predicted molar refractivity (Wildman–Crippen MR) is 89.7 cm³/mol. The van der Waals surface area contributed by atoms with Crippen molar-refractivity contribution in [1.82, 2.24) is 0 Å². The van der Waals surface area contributed by atoms with Crippen LogP contribution in [0.5, 0.6) is 0 Å². The molecule has 0 aliphatic heterocycles. The van der Waals surface area contributed by atoms with Crippen LogP contribution in [0, 0.1) is 0 Å². The summed E-state index contributed by atoms with van der Waals surface area (Å²) in [6, 6.07) is 0. The lowest BCUT2D eigenvalue weighted by Gasteiger charge is -2.07. The number of carbonyl (C=O) groups is 3. The molecular weight excluding hydrogens is 312 g/mol. The summed E-state index contributed by atoms with van der Waals surface area (Å²) in [6.07, 6.45) is 8.42. The van der Waals surface area contributed by atoms with Crippen LogP contribution in [0.15, 0.2) is 23.3 Å². The van der Waals surface area contributed by atoms with Crippen molar-refractivity contribution in [3.8, 4) is 0 Å². The van der Waals surface area contributed by atoms with E-state index in [1.165, 1.54) is 13.8 Å². The van der Waals surface area contributed by atoms with E-state index in [0.717, 1.165) is 37.7 Å². The van der Waals surface area contributed by atoms with Crippen LogP contribution in [0.1, 0.15) is 66.2 Å². The summed E-state index contributed by atoms with van der Waals surface area (Å²) in [5, 5.41) is 0. The van der Waals surface area contributed by atoms with Gasteiger partial charge in [-0.15, -0.1) is 0 Å². The van der Waals surface area contributed by atoms with Crippen molar-refractivity contribution in [2.75, 3.05) is 6.61 Å². The summed E-state index contributed by atoms with van der Waals surface area (Å²) in [4.78, 5) is 43.0. The number of hydrogen-bond acceptors (Lipinski definition) is 6. The Hall–Kier alpha value is -1.95. The summed E-state index contributed by atoms with van der Waals surface area (Å²) in [5.41, 5.74) is 1.33. The molecule has 0 aromatic carbocycles. The van der Waals surface area contributed by atoms with Gasteiger partial charge in [0.2, 0.25) is 0 Å². The maximum Gasteiger partial charge on any atom is 0.341 e. The number of unbranched alkanes of at least 4 members (excludes halogenated alkanes) is 2. The van der Waals surface area contributed by atoms with Crippen molar-refractivity contribution in [2.24, 2.45) is 0 Å². The van der Waals surface area contributed by atoms with E-state index < -0.39 is 17.9 Å². The largest absolute Gasteiger partial charge is 0.390 e. The third-order valence-electron chi connectivity index (χ3n) is 3.09. The molecular formula is C18H28O6. The van der Waals surface area contributed by atoms with E-state index in [1.54, 1.807) is 12.2 Å². The highest BCUT2D eigenvalue weighted by molar-refractivity contribution is 5.95. The van der Waals surface area contributed by atoms with E-state index in [0.29, 0.717) is 12.0 Å². The summed E-state index contributed by atoms with van der Waals surface area (Å²) in [5.74, 6) is -1.77. The van der Waals surface area contributed by atoms with Crippen LogP contribution in [0.25, 0.3) is 0 Å². The predicted octanol–water partition coefficient (Wildman–Crippen LogP) is 3.80. The first-order valence-electron chi connectivity index (χ1n) is 8.32. The Labute approximate surface area is 143 Å². The Morgan fingerprint density at radius 2 is 1.50 bits per heavy atom. The maximum absolute atomic E-state index is 11.9. The van der Waals surface area contributed by atoms with Gasteiger partial charge < -0.3 is 4.74 Å². The number of ether oxygens (including phenoxy) is 1. The molecule has 0 fully saturated rings. The molecule has 0 rings (SSSR count). The lowest BCUT2D eigenvalue weighted by atomic mass is 10.1. The topological polar surface area (TPSA) is 78.9 Å². The minimum atomic E-state index is -0.629. The van der Waals surface area contributed by atoms with Crippen molar-refractivity contribution in [2.45, 2.75) is 66.2 Å². The molecule has 0 atom stereocenters. The van der Waals surface area contributed by atoms with Crippen molar-refractivity contribution >= 4 is 17.9 Å². The van der Waals surface area contributed by atoms with Gasteiger partial charge in [0.25, 0.3) is 0 Å². The standard InChI is InChI=1S/C18H28O6/c1-5-7-9-16(13-22-24-15(4)20)11-12-17(10-8-6-2)18(21)23-14(3)19/h11-12H,5-10,13H2,1-4H3. The summed E-state index contributed by atoms with van der Waals surface area (Å²) in [7, 11) is 0. The number of esters is 2. The minimum Gasteiger partial charge on any atom is -0.390 e. The van der Waals surface area contributed by atoms with Crippen LogP contribution >= 0.6 is 0 Å². The Morgan fingerprint density at radius 1 is 0.875 bits per heavy atom. The molecule has 0 bridgehead atoms. The molecule has 24 heavy (non-hydrogen) atoms. The first kappa shape index (κ1) is 22.1. The van der Waals surface area contributed by atoms with Crippen LogP contribution < -0.4 is 0 Å². The second kappa shape index (κ2) is 13.5. The number of rotatable bonds is 11. The van der Waals surface area contributed by atoms with Gasteiger partial charge in [0.1, 0.15) is 6.61 Å².